The maximum absolute atomic E-state index is 12.9. The Morgan fingerprint density at radius 2 is 1.33 bits per heavy atom. The van der Waals surface area contributed by atoms with E-state index in [1.807, 2.05) is 13.8 Å². The summed E-state index contributed by atoms with van der Waals surface area (Å²) in [6.45, 7) is 13.2. The molecule has 4 saturated carbocycles. The Balaban J connectivity index is 0.000000636. The molecule has 0 aromatic heterocycles. The minimum absolute atomic E-state index is 0.101. The van der Waals surface area contributed by atoms with Crippen LogP contribution in [0.2, 0.25) is 0 Å². The molecule has 21 heavy (non-hydrogen) atoms. The number of fused-ring (bicyclic) bond motifs is 2. The maximum Gasteiger partial charge on any atom is 0.168 e. The van der Waals surface area contributed by atoms with Gasteiger partial charge in [0.1, 0.15) is 0 Å². The van der Waals surface area contributed by atoms with Crippen LogP contribution in [0.25, 0.3) is 0 Å². The number of rotatable bonds is 0. The van der Waals surface area contributed by atoms with Crippen LogP contribution in [0.4, 0.5) is 0 Å². The first-order chi connectivity index (χ1) is 9.64. The van der Waals surface area contributed by atoms with E-state index in [4.69, 9.17) is 0 Å². The maximum atomic E-state index is 12.9. The minimum Gasteiger partial charge on any atom is -0.515 e. The lowest BCUT2D eigenvalue weighted by Gasteiger charge is -2.64. The van der Waals surface area contributed by atoms with Crippen molar-refractivity contribution in [2.75, 3.05) is 0 Å². The van der Waals surface area contributed by atoms with Crippen LogP contribution in [0.3, 0.4) is 0 Å². The molecule has 118 valence electrons. The van der Waals surface area contributed by atoms with Crippen LogP contribution in [0, 0.1) is 27.1 Å². The molecular formula is C19H30O2. The molecule has 0 aromatic carbocycles. The van der Waals surface area contributed by atoms with Gasteiger partial charge in [-0.2, -0.15) is 0 Å². The molecule has 0 aliphatic heterocycles. The van der Waals surface area contributed by atoms with Crippen LogP contribution in [0.5, 0.6) is 0 Å². The van der Waals surface area contributed by atoms with E-state index in [0.717, 1.165) is 31.9 Å². The van der Waals surface area contributed by atoms with Gasteiger partial charge in [-0.3, -0.25) is 4.79 Å². The average molecular weight is 290 g/mol. The quantitative estimate of drug-likeness (QED) is 0.501. The lowest BCUT2D eigenvalue weighted by molar-refractivity contribution is -0.157. The van der Waals surface area contributed by atoms with Gasteiger partial charge in [-0.25, -0.2) is 0 Å². The molecule has 0 radical (unpaired) electrons. The predicted octanol–water partition coefficient (Wildman–Crippen LogP) is 5.04. The second-order valence-corrected chi connectivity index (χ2v) is 9.08. The average Bonchev–Trinajstić information content (AvgIpc) is 2.66. The van der Waals surface area contributed by atoms with Crippen molar-refractivity contribution in [2.45, 2.75) is 73.6 Å². The van der Waals surface area contributed by atoms with Crippen molar-refractivity contribution >= 4 is 5.78 Å². The molecule has 2 nitrogen and oxygen atoms in total. The van der Waals surface area contributed by atoms with Crippen LogP contribution in [-0.4, -0.2) is 10.9 Å². The van der Waals surface area contributed by atoms with Gasteiger partial charge in [-0.1, -0.05) is 41.5 Å². The monoisotopic (exact) mass is 290 g/mol. The van der Waals surface area contributed by atoms with Gasteiger partial charge in [-0.05, 0) is 48.3 Å². The molecule has 4 rings (SSSR count). The lowest BCUT2D eigenvalue weighted by atomic mass is 9.40. The zero-order valence-corrected chi connectivity index (χ0v) is 14.5. The Morgan fingerprint density at radius 3 is 1.86 bits per heavy atom. The Morgan fingerprint density at radius 1 is 0.857 bits per heavy atom. The fraction of sp³-hybridized carbons (Fsp3) is 0.842. The summed E-state index contributed by atoms with van der Waals surface area (Å²) in [5.74, 6) is 0.229. The summed E-state index contributed by atoms with van der Waals surface area (Å²) < 4.78 is 0. The zero-order valence-electron chi connectivity index (χ0n) is 14.5. The van der Waals surface area contributed by atoms with Gasteiger partial charge in [0.25, 0.3) is 0 Å². The largest absolute Gasteiger partial charge is 0.515 e. The minimum atomic E-state index is -0.237. The van der Waals surface area contributed by atoms with Crippen molar-refractivity contribution < 1.29 is 9.90 Å². The second kappa shape index (κ2) is 3.75. The molecule has 2 heteroatoms. The van der Waals surface area contributed by atoms with Gasteiger partial charge in [0.05, 0.1) is 6.26 Å². The van der Waals surface area contributed by atoms with Gasteiger partial charge in [0.15, 0.2) is 5.78 Å². The molecular weight excluding hydrogens is 260 g/mol. The van der Waals surface area contributed by atoms with Crippen LogP contribution >= 0.6 is 0 Å². The van der Waals surface area contributed by atoms with E-state index in [2.05, 4.69) is 27.7 Å². The summed E-state index contributed by atoms with van der Waals surface area (Å²) in [6, 6.07) is 0. The summed E-state index contributed by atoms with van der Waals surface area (Å²) in [6.07, 6.45) is 6.62. The van der Waals surface area contributed by atoms with Gasteiger partial charge in [0, 0.05) is 16.4 Å². The molecule has 4 fully saturated rings. The number of carbonyl (C=O) groups is 1. The topological polar surface area (TPSA) is 37.3 Å². The number of carbonyl (C=O) groups excluding carboxylic acids is 1. The Hall–Kier alpha value is -0.790. The number of hydrogen-bond acceptors (Lipinski definition) is 2. The van der Waals surface area contributed by atoms with Crippen molar-refractivity contribution in [3.05, 3.63) is 11.8 Å². The van der Waals surface area contributed by atoms with Crippen LogP contribution in [-0.2, 0) is 4.79 Å². The molecule has 5 atom stereocenters. The van der Waals surface area contributed by atoms with E-state index in [0.29, 0.717) is 21.8 Å². The standard InChI is InChI=1S/C17H24O2.C2H6/c1-13-6-15(3)10-16(4)7-14(2,9-17(15,16)8-13)12(19)11(13)5-18;1-2/h5,18H,6-10H2,1-4H3;1-2H3/b11-5-;. The van der Waals surface area contributed by atoms with Crippen LogP contribution < -0.4 is 0 Å². The highest BCUT2D eigenvalue weighted by Crippen LogP contribution is 2.88. The molecule has 0 saturated heterocycles. The molecule has 4 aliphatic carbocycles. The highest BCUT2D eigenvalue weighted by molar-refractivity contribution is 6.02. The third-order valence-electron chi connectivity index (χ3n) is 7.61. The summed E-state index contributed by atoms with van der Waals surface area (Å²) in [5, 5.41) is 9.68. The summed E-state index contributed by atoms with van der Waals surface area (Å²) in [5.41, 5.74) is 1.44. The van der Waals surface area contributed by atoms with E-state index in [1.54, 1.807) is 0 Å². The Kier molecular flexibility index (Phi) is 2.70. The molecule has 5 unspecified atom stereocenters. The molecule has 3 bridgehead atoms. The fourth-order valence-corrected chi connectivity index (χ4v) is 7.54. The second-order valence-electron chi connectivity index (χ2n) is 9.08. The summed E-state index contributed by atoms with van der Waals surface area (Å²) in [4.78, 5) is 12.9. The number of hydrogen-bond donors (Lipinski definition) is 1. The summed E-state index contributed by atoms with van der Waals surface area (Å²) >= 11 is 0. The van der Waals surface area contributed by atoms with Crippen molar-refractivity contribution in [3.63, 3.8) is 0 Å². The molecule has 0 aromatic rings. The number of allylic oxidation sites excluding steroid dienone is 1. The fourth-order valence-electron chi connectivity index (χ4n) is 7.54. The van der Waals surface area contributed by atoms with Crippen molar-refractivity contribution in [2.24, 2.45) is 27.1 Å². The first-order valence-electron chi connectivity index (χ1n) is 8.54. The van der Waals surface area contributed by atoms with Crippen molar-refractivity contribution in [3.8, 4) is 0 Å². The smallest absolute Gasteiger partial charge is 0.168 e. The molecule has 1 N–H and O–H groups in total. The van der Waals surface area contributed by atoms with E-state index < -0.39 is 0 Å². The van der Waals surface area contributed by atoms with E-state index >= 15 is 0 Å². The summed E-state index contributed by atoms with van der Waals surface area (Å²) in [7, 11) is 0. The third kappa shape index (κ3) is 1.34. The van der Waals surface area contributed by atoms with Gasteiger partial charge >= 0.3 is 0 Å². The first kappa shape index (κ1) is 15.1. The number of aliphatic hydroxyl groups is 1. The zero-order chi connectivity index (χ0) is 15.9. The SMILES string of the molecule is CC.CC12CC3(C)CC4(C)CC(C)(CC34C1)/C(=C\O)C2=O. The van der Waals surface area contributed by atoms with E-state index in [9.17, 15) is 9.90 Å². The van der Waals surface area contributed by atoms with Gasteiger partial charge in [0.2, 0.25) is 0 Å². The number of ketones is 1. The molecule has 0 heterocycles. The highest BCUT2D eigenvalue weighted by Gasteiger charge is 2.82. The lowest BCUT2D eigenvalue weighted by Crippen LogP contribution is -2.57. The predicted molar refractivity (Wildman–Crippen MR) is 85.0 cm³/mol. The molecule has 4 aliphatic rings. The van der Waals surface area contributed by atoms with Crippen molar-refractivity contribution in [1.82, 2.24) is 0 Å². The third-order valence-corrected chi connectivity index (χ3v) is 7.61. The van der Waals surface area contributed by atoms with Crippen LogP contribution in [0.15, 0.2) is 11.8 Å². The van der Waals surface area contributed by atoms with Crippen molar-refractivity contribution in [1.29, 1.82) is 0 Å². The molecule has 1 spiro atoms. The normalized spacial score (nSPS) is 58.4. The van der Waals surface area contributed by atoms with E-state index in [1.165, 1.54) is 6.42 Å². The highest BCUT2D eigenvalue weighted by atomic mass is 16.2. The molecule has 0 amide bonds. The van der Waals surface area contributed by atoms with Gasteiger partial charge < -0.3 is 5.11 Å². The Labute approximate surface area is 129 Å². The number of aliphatic hydroxyl groups excluding tert-OH is 1. The Bertz CT molecular complexity index is 550. The number of Topliss-reactive ketones (excluding diaryl/α,β-unsaturated/α-hetero) is 1. The first-order valence-corrected chi connectivity index (χ1v) is 8.54. The van der Waals surface area contributed by atoms with Gasteiger partial charge in [-0.15, -0.1) is 0 Å². The van der Waals surface area contributed by atoms with Crippen LogP contribution in [0.1, 0.15) is 73.6 Å². The van der Waals surface area contributed by atoms with E-state index in [-0.39, 0.29) is 16.6 Å².